The Labute approximate surface area is 194 Å². The fourth-order valence-electron chi connectivity index (χ4n) is 3.59. The third kappa shape index (κ3) is 7.54. The molecule has 4 rings (SSSR count). The lowest BCUT2D eigenvalue weighted by Gasteiger charge is -2.12. The summed E-state index contributed by atoms with van der Waals surface area (Å²) in [5.74, 6) is 1.46. The first-order valence-electron chi connectivity index (χ1n) is 11.4. The Bertz CT molecular complexity index is 985. The third-order valence-electron chi connectivity index (χ3n) is 5.41. The summed E-state index contributed by atoms with van der Waals surface area (Å²) in [4.78, 5) is 12.3. The van der Waals surface area contributed by atoms with Crippen LogP contribution in [0.2, 0.25) is 0 Å². The van der Waals surface area contributed by atoms with Crippen LogP contribution in [-0.4, -0.2) is 38.4 Å². The molecule has 1 amide bonds. The molecule has 0 saturated carbocycles. The van der Waals surface area contributed by atoms with Gasteiger partial charge in [-0.1, -0.05) is 30.3 Å². The smallest absolute Gasteiger partial charge is 0.243 e. The molecule has 6 nitrogen and oxygen atoms in total. The fourth-order valence-corrected chi connectivity index (χ4v) is 3.59. The van der Waals surface area contributed by atoms with Gasteiger partial charge in [0.2, 0.25) is 5.91 Å². The molecule has 0 radical (unpaired) electrons. The first-order chi connectivity index (χ1) is 16.2. The van der Waals surface area contributed by atoms with Crippen molar-refractivity contribution in [1.82, 2.24) is 0 Å². The summed E-state index contributed by atoms with van der Waals surface area (Å²) in [5.41, 5.74) is 2.84. The SMILES string of the molecule is O=C(CNc1ccc(OCCc2ccccc2)cc1)Nc1ccc(OCC2CCCO2)cc1. The van der Waals surface area contributed by atoms with Crippen LogP contribution >= 0.6 is 0 Å². The Morgan fingerprint density at radius 3 is 2.27 bits per heavy atom. The number of carbonyl (C=O) groups is 1. The van der Waals surface area contributed by atoms with E-state index in [-0.39, 0.29) is 18.6 Å². The summed E-state index contributed by atoms with van der Waals surface area (Å²) in [6.07, 6.45) is 3.19. The van der Waals surface area contributed by atoms with Gasteiger partial charge in [0.05, 0.1) is 19.3 Å². The average Bonchev–Trinajstić information content (AvgIpc) is 3.38. The number of rotatable bonds is 11. The molecule has 0 spiro atoms. The molecular weight excluding hydrogens is 416 g/mol. The zero-order valence-electron chi connectivity index (χ0n) is 18.7. The second-order valence-electron chi connectivity index (χ2n) is 7.98. The van der Waals surface area contributed by atoms with Gasteiger partial charge in [-0.25, -0.2) is 0 Å². The standard InChI is InChI=1S/C27H30N2O4/c30-27(29-23-10-14-25(15-11-23)33-20-26-7-4-17-31-26)19-28-22-8-12-24(13-9-22)32-18-16-21-5-2-1-3-6-21/h1-3,5-6,8-15,26,28H,4,7,16-20H2,(H,29,30). The van der Waals surface area contributed by atoms with Crippen LogP contribution < -0.4 is 20.1 Å². The number of carbonyl (C=O) groups excluding carboxylic acids is 1. The van der Waals surface area contributed by atoms with E-state index in [1.54, 1.807) is 0 Å². The summed E-state index contributed by atoms with van der Waals surface area (Å²) < 4.78 is 17.1. The number of ether oxygens (including phenoxy) is 3. The molecule has 33 heavy (non-hydrogen) atoms. The number of hydrogen-bond acceptors (Lipinski definition) is 5. The number of anilines is 2. The molecule has 0 aliphatic carbocycles. The molecular formula is C27H30N2O4. The van der Waals surface area contributed by atoms with Gasteiger partial charge in [0.1, 0.15) is 18.1 Å². The first-order valence-corrected chi connectivity index (χ1v) is 11.4. The second kappa shape index (κ2) is 11.9. The first kappa shape index (κ1) is 22.7. The maximum Gasteiger partial charge on any atom is 0.243 e. The monoisotopic (exact) mass is 446 g/mol. The zero-order valence-corrected chi connectivity index (χ0v) is 18.7. The van der Waals surface area contributed by atoms with Crippen LogP contribution in [0.5, 0.6) is 11.5 Å². The predicted octanol–water partition coefficient (Wildman–Crippen LogP) is 4.92. The summed E-state index contributed by atoms with van der Waals surface area (Å²) in [7, 11) is 0. The molecule has 1 atom stereocenters. The highest BCUT2D eigenvalue weighted by Crippen LogP contribution is 2.19. The van der Waals surface area contributed by atoms with E-state index in [1.807, 2.05) is 66.7 Å². The Morgan fingerprint density at radius 1 is 0.879 bits per heavy atom. The fraction of sp³-hybridized carbons (Fsp3) is 0.296. The van der Waals surface area contributed by atoms with E-state index in [1.165, 1.54) is 5.56 Å². The predicted molar refractivity (Wildman–Crippen MR) is 130 cm³/mol. The largest absolute Gasteiger partial charge is 0.493 e. The van der Waals surface area contributed by atoms with E-state index in [9.17, 15) is 4.79 Å². The Balaban J connectivity index is 1.15. The number of nitrogens with one attached hydrogen (secondary N) is 2. The second-order valence-corrected chi connectivity index (χ2v) is 7.98. The highest BCUT2D eigenvalue weighted by atomic mass is 16.5. The minimum absolute atomic E-state index is 0.119. The van der Waals surface area contributed by atoms with E-state index >= 15 is 0 Å². The van der Waals surface area contributed by atoms with Gasteiger partial charge < -0.3 is 24.8 Å². The molecule has 1 aliphatic rings. The van der Waals surface area contributed by atoms with Crippen LogP contribution in [-0.2, 0) is 16.0 Å². The lowest BCUT2D eigenvalue weighted by Crippen LogP contribution is -2.21. The molecule has 3 aromatic carbocycles. The Morgan fingerprint density at radius 2 is 1.58 bits per heavy atom. The highest BCUT2D eigenvalue weighted by Gasteiger charge is 2.15. The van der Waals surface area contributed by atoms with Gasteiger partial charge in [0.15, 0.2) is 0 Å². The van der Waals surface area contributed by atoms with E-state index in [2.05, 4.69) is 22.8 Å². The van der Waals surface area contributed by atoms with Crippen molar-refractivity contribution in [1.29, 1.82) is 0 Å². The van der Waals surface area contributed by atoms with Crippen molar-refractivity contribution in [2.75, 3.05) is 37.0 Å². The molecule has 172 valence electrons. The van der Waals surface area contributed by atoms with Crippen molar-refractivity contribution >= 4 is 17.3 Å². The highest BCUT2D eigenvalue weighted by molar-refractivity contribution is 5.93. The van der Waals surface area contributed by atoms with Crippen molar-refractivity contribution in [2.24, 2.45) is 0 Å². The van der Waals surface area contributed by atoms with Crippen LogP contribution in [0, 0.1) is 0 Å². The van der Waals surface area contributed by atoms with Crippen molar-refractivity contribution in [2.45, 2.75) is 25.4 Å². The van der Waals surface area contributed by atoms with E-state index < -0.39 is 0 Å². The molecule has 1 heterocycles. The Hall–Kier alpha value is -3.51. The molecule has 0 bridgehead atoms. The van der Waals surface area contributed by atoms with Crippen molar-refractivity contribution in [3.8, 4) is 11.5 Å². The van der Waals surface area contributed by atoms with Gasteiger partial charge in [-0.2, -0.15) is 0 Å². The minimum Gasteiger partial charge on any atom is -0.493 e. The van der Waals surface area contributed by atoms with Crippen LogP contribution in [0.4, 0.5) is 11.4 Å². The topological polar surface area (TPSA) is 68.8 Å². The average molecular weight is 447 g/mol. The molecule has 3 aromatic rings. The molecule has 1 unspecified atom stereocenters. The Kier molecular flexibility index (Phi) is 8.19. The minimum atomic E-state index is -0.119. The quantitative estimate of drug-likeness (QED) is 0.438. The molecule has 6 heteroatoms. The molecule has 1 saturated heterocycles. The van der Waals surface area contributed by atoms with E-state index in [4.69, 9.17) is 14.2 Å². The zero-order chi connectivity index (χ0) is 22.7. The van der Waals surface area contributed by atoms with Crippen molar-refractivity contribution < 1.29 is 19.0 Å². The van der Waals surface area contributed by atoms with E-state index in [0.29, 0.717) is 13.2 Å². The number of hydrogen-bond donors (Lipinski definition) is 2. The summed E-state index contributed by atoms with van der Waals surface area (Å²) in [6, 6.07) is 25.3. The van der Waals surface area contributed by atoms with Crippen molar-refractivity contribution in [3.05, 3.63) is 84.4 Å². The van der Waals surface area contributed by atoms with Gasteiger partial charge in [0, 0.05) is 24.4 Å². The molecule has 1 fully saturated rings. The number of benzene rings is 3. The summed E-state index contributed by atoms with van der Waals surface area (Å²) in [5, 5.41) is 6.02. The van der Waals surface area contributed by atoms with Crippen LogP contribution in [0.1, 0.15) is 18.4 Å². The van der Waals surface area contributed by atoms with Crippen LogP contribution in [0.3, 0.4) is 0 Å². The van der Waals surface area contributed by atoms with Crippen molar-refractivity contribution in [3.63, 3.8) is 0 Å². The summed E-state index contributed by atoms with van der Waals surface area (Å²) >= 11 is 0. The lowest BCUT2D eigenvalue weighted by molar-refractivity contribution is -0.114. The number of amides is 1. The molecule has 0 aromatic heterocycles. The van der Waals surface area contributed by atoms with Gasteiger partial charge >= 0.3 is 0 Å². The van der Waals surface area contributed by atoms with Crippen LogP contribution in [0.25, 0.3) is 0 Å². The lowest BCUT2D eigenvalue weighted by atomic mass is 10.2. The van der Waals surface area contributed by atoms with Gasteiger partial charge in [-0.3, -0.25) is 4.79 Å². The van der Waals surface area contributed by atoms with Gasteiger partial charge in [0.25, 0.3) is 0 Å². The van der Waals surface area contributed by atoms with E-state index in [0.717, 1.165) is 48.7 Å². The molecule has 2 N–H and O–H groups in total. The molecule has 1 aliphatic heterocycles. The maximum atomic E-state index is 12.3. The van der Waals surface area contributed by atoms with Gasteiger partial charge in [-0.15, -0.1) is 0 Å². The van der Waals surface area contributed by atoms with Gasteiger partial charge in [-0.05, 0) is 66.9 Å². The maximum absolute atomic E-state index is 12.3. The third-order valence-corrected chi connectivity index (χ3v) is 5.41. The normalized spacial score (nSPS) is 15.1. The summed E-state index contributed by atoms with van der Waals surface area (Å²) in [6.45, 7) is 2.18. The van der Waals surface area contributed by atoms with Crippen LogP contribution in [0.15, 0.2) is 78.9 Å².